The maximum atomic E-state index is 12.5. The molecule has 0 bridgehead atoms. The molecule has 0 saturated heterocycles. The SMILES string of the molecule is CCc1[nH]c(-c2ccccc2)cc1C(=O)NCc1cccnc1. The minimum Gasteiger partial charge on any atom is -0.358 e. The fourth-order valence-electron chi connectivity index (χ4n) is 2.53. The Morgan fingerprint density at radius 2 is 2.00 bits per heavy atom. The summed E-state index contributed by atoms with van der Waals surface area (Å²) in [6, 6.07) is 15.8. The smallest absolute Gasteiger partial charge is 0.253 e. The summed E-state index contributed by atoms with van der Waals surface area (Å²) < 4.78 is 0. The predicted molar refractivity (Wildman–Crippen MR) is 91.0 cm³/mol. The fourth-order valence-corrected chi connectivity index (χ4v) is 2.53. The first-order valence-electron chi connectivity index (χ1n) is 7.72. The van der Waals surface area contributed by atoms with E-state index in [1.54, 1.807) is 12.4 Å². The van der Waals surface area contributed by atoms with Gasteiger partial charge in [0.1, 0.15) is 0 Å². The molecule has 2 aromatic heterocycles. The van der Waals surface area contributed by atoms with Crippen molar-refractivity contribution in [3.63, 3.8) is 0 Å². The number of hydrogen-bond donors (Lipinski definition) is 2. The van der Waals surface area contributed by atoms with Crippen molar-refractivity contribution in [3.8, 4) is 11.3 Å². The summed E-state index contributed by atoms with van der Waals surface area (Å²) in [4.78, 5) is 19.9. The van der Waals surface area contributed by atoms with Crippen LogP contribution in [0.25, 0.3) is 11.3 Å². The molecule has 4 heteroatoms. The van der Waals surface area contributed by atoms with Crippen LogP contribution < -0.4 is 5.32 Å². The molecular weight excluding hydrogens is 286 g/mol. The third kappa shape index (κ3) is 3.48. The molecule has 2 N–H and O–H groups in total. The molecule has 2 heterocycles. The van der Waals surface area contributed by atoms with Crippen LogP contribution in [0.3, 0.4) is 0 Å². The minimum absolute atomic E-state index is 0.0656. The van der Waals surface area contributed by atoms with Crippen molar-refractivity contribution in [1.82, 2.24) is 15.3 Å². The zero-order chi connectivity index (χ0) is 16.1. The highest BCUT2D eigenvalue weighted by Crippen LogP contribution is 2.22. The van der Waals surface area contributed by atoms with E-state index in [4.69, 9.17) is 0 Å². The molecule has 116 valence electrons. The topological polar surface area (TPSA) is 57.8 Å². The lowest BCUT2D eigenvalue weighted by atomic mass is 10.1. The van der Waals surface area contributed by atoms with Gasteiger partial charge in [-0.25, -0.2) is 0 Å². The molecule has 0 fully saturated rings. The molecule has 0 atom stereocenters. The van der Waals surface area contributed by atoms with Crippen molar-refractivity contribution in [1.29, 1.82) is 0 Å². The van der Waals surface area contributed by atoms with Crippen molar-refractivity contribution in [2.24, 2.45) is 0 Å². The van der Waals surface area contributed by atoms with Gasteiger partial charge in [0.25, 0.3) is 5.91 Å². The van der Waals surface area contributed by atoms with Crippen LogP contribution in [0.2, 0.25) is 0 Å². The Bertz CT molecular complexity index is 779. The van der Waals surface area contributed by atoms with Crippen LogP contribution in [0.15, 0.2) is 60.9 Å². The number of benzene rings is 1. The van der Waals surface area contributed by atoms with Crippen LogP contribution >= 0.6 is 0 Å². The third-order valence-corrected chi connectivity index (χ3v) is 3.76. The van der Waals surface area contributed by atoms with E-state index < -0.39 is 0 Å². The Kier molecular flexibility index (Phi) is 4.52. The maximum absolute atomic E-state index is 12.5. The molecule has 0 unspecified atom stereocenters. The summed E-state index contributed by atoms with van der Waals surface area (Å²) in [6.07, 6.45) is 4.26. The van der Waals surface area contributed by atoms with Gasteiger partial charge < -0.3 is 10.3 Å². The van der Waals surface area contributed by atoms with Crippen molar-refractivity contribution >= 4 is 5.91 Å². The molecule has 3 aromatic rings. The third-order valence-electron chi connectivity index (χ3n) is 3.76. The van der Waals surface area contributed by atoms with Gasteiger partial charge in [-0.05, 0) is 29.7 Å². The number of aromatic nitrogens is 2. The van der Waals surface area contributed by atoms with Crippen LogP contribution in [0.4, 0.5) is 0 Å². The van der Waals surface area contributed by atoms with Crippen molar-refractivity contribution in [2.45, 2.75) is 19.9 Å². The molecule has 0 aliphatic rings. The molecule has 1 aromatic carbocycles. The summed E-state index contributed by atoms with van der Waals surface area (Å²) in [5.41, 5.74) is 4.68. The van der Waals surface area contributed by atoms with E-state index in [2.05, 4.69) is 15.3 Å². The van der Waals surface area contributed by atoms with Gasteiger partial charge >= 0.3 is 0 Å². The summed E-state index contributed by atoms with van der Waals surface area (Å²) in [5.74, 6) is -0.0656. The highest BCUT2D eigenvalue weighted by atomic mass is 16.1. The lowest BCUT2D eigenvalue weighted by Gasteiger charge is -2.05. The first-order valence-corrected chi connectivity index (χ1v) is 7.72. The zero-order valence-corrected chi connectivity index (χ0v) is 13.0. The second kappa shape index (κ2) is 6.92. The van der Waals surface area contributed by atoms with Crippen molar-refractivity contribution in [2.75, 3.05) is 0 Å². The molecule has 0 aliphatic carbocycles. The highest BCUT2D eigenvalue weighted by Gasteiger charge is 2.15. The maximum Gasteiger partial charge on any atom is 0.253 e. The second-order valence-corrected chi connectivity index (χ2v) is 5.34. The Morgan fingerprint density at radius 1 is 1.17 bits per heavy atom. The van der Waals surface area contributed by atoms with E-state index in [9.17, 15) is 4.79 Å². The number of amides is 1. The summed E-state index contributed by atoms with van der Waals surface area (Å²) in [7, 11) is 0. The van der Waals surface area contributed by atoms with Crippen molar-refractivity contribution in [3.05, 3.63) is 77.7 Å². The molecular formula is C19H19N3O. The van der Waals surface area contributed by atoms with Crippen LogP contribution in [0, 0.1) is 0 Å². The largest absolute Gasteiger partial charge is 0.358 e. The average molecular weight is 305 g/mol. The molecule has 0 spiro atoms. The zero-order valence-electron chi connectivity index (χ0n) is 13.0. The van der Waals surface area contributed by atoms with Crippen LogP contribution in [-0.4, -0.2) is 15.9 Å². The van der Waals surface area contributed by atoms with E-state index in [1.165, 1.54) is 0 Å². The summed E-state index contributed by atoms with van der Waals surface area (Å²) >= 11 is 0. The minimum atomic E-state index is -0.0656. The number of aryl methyl sites for hydroxylation is 1. The normalized spacial score (nSPS) is 10.5. The number of nitrogens with zero attached hydrogens (tertiary/aromatic N) is 1. The lowest BCUT2D eigenvalue weighted by Crippen LogP contribution is -2.23. The summed E-state index contributed by atoms with van der Waals surface area (Å²) in [6.45, 7) is 2.51. The molecule has 0 saturated carbocycles. The summed E-state index contributed by atoms with van der Waals surface area (Å²) in [5, 5.41) is 2.96. The van der Waals surface area contributed by atoms with E-state index in [-0.39, 0.29) is 5.91 Å². The Hall–Kier alpha value is -2.88. The molecule has 0 radical (unpaired) electrons. The second-order valence-electron chi connectivity index (χ2n) is 5.34. The molecule has 3 rings (SSSR count). The van der Waals surface area contributed by atoms with Gasteiger partial charge in [-0.15, -0.1) is 0 Å². The number of pyridine rings is 1. The quantitative estimate of drug-likeness (QED) is 0.757. The fraction of sp³-hybridized carbons (Fsp3) is 0.158. The average Bonchev–Trinajstić information content (AvgIpc) is 3.06. The number of carbonyl (C=O) groups excluding carboxylic acids is 1. The number of H-pyrrole nitrogens is 1. The molecule has 0 aliphatic heterocycles. The number of nitrogens with one attached hydrogen (secondary N) is 2. The van der Waals surface area contributed by atoms with Gasteiger partial charge in [-0.2, -0.15) is 0 Å². The van der Waals surface area contributed by atoms with E-state index in [1.807, 2.05) is 55.5 Å². The number of hydrogen-bond acceptors (Lipinski definition) is 2. The van der Waals surface area contributed by atoms with Crippen LogP contribution in [-0.2, 0) is 13.0 Å². The van der Waals surface area contributed by atoms with Gasteiger partial charge in [0, 0.05) is 30.3 Å². The first kappa shape index (κ1) is 15.0. The molecule has 23 heavy (non-hydrogen) atoms. The Morgan fingerprint density at radius 3 is 2.70 bits per heavy atom. The van der Waals surface area contributed by atoms with E-state index in [0.717, 1.165) is 28.9 Å². The standard InChI is InChI=1S/C19H19N3O/c1-2-17-16(11-18(22-17)15-8-4-3-5-9-15)19(23)21-13-14-7-6-10-20-12-14/h3-12,22H,2,13H2,1H3,(H,21,23). The van der Waals surface area contributed by atoms with Gasteiger partial charge in [0.15, 0.2) is 0 Å². The van der Waals surface area contributed by atoms with E-state index >= 15 is 0 Å². The Balaban J connectivity index is 1.79. The van der Waals surface area contributed by atoms with Crippen LogP contribution in [0.5, 0.6) is 0 Å². The van der Waals surface area contributed by atoms with Gasteiger partial charge in [0.05, 0.1) is 5.56 Å². The van der Waals surface area contributed by atoms with Crippen molar-refractivity contribution < 1.29 is 4.79 Å². The van der Waals surface area contributed by atoms with Crippen LogP contribution in [0.1, 0.15) is 28.5 Å². The number of rotatable bonds is 5. The van der Waals surface area contributed by atoms with Gasteiger partial charge in [-0.1, -0.05) is 43.3 Å². The first-order chi connectivity index (χ1) is 11.3. The molecule has 4 nitrogen and oxygen atoms in total. The van der Waals surface area contributed by atoms with Gasteiger partial charge in [-0.3, -0.25) is 9.78 Å². The monoisotopic (exact) mass is 305 g/mol. The van der Waals surface area contributed by atoms with Gasteiger partial charge in [0.2, 0.25) is 0 Å². The number of aromatic amines is 1. The lowest BCUT2D eigenvalue weighted by molar-refractivity contribution is 0.0950. The molecule has 1 amide bonds. The van der Waals surface area contributed by atoms with E-state index in [0.29, 0.717) is 12.1 Å². The Labute approximate surface area is 135 Å². The predicted octanol–water partition coefficient (Wildman–Crippen LogP) is 3.57. The highest BCUT2D eigenvalue weighted by molar-refractivity contribution is 5.96. The number of carbonyl (C=O) groups is 1.